The van der Waals surface area contributed by atoms with Gasteiger partial charge in [-0.2, -0.15) is 5.10 Å². The zero-order chi connectivity index (χ0) is 13.1. The number of hydrogen-bond acceptors (Lipinski definition) is 4. The van der Waals surface area contributed by atoms with Crippen LogP contribution in [-0.2, 0) is 13.6 Å². The number of piperazine rings is 1. The first-order valence-electron chi connectivity index (χ1n) is 6.62. The summed E-state index contributed by atoms with van der Waals surface area (Å²) >= 11 is 0. The van der Waals surface area contributed by atoms with Crippen molar-refractivity contribution in [3.63, 3.8) is 0 Å². The van der Waals surface area contributed by atoms with E-state index in [0.717, 1.165) is 32.6 Å². The van der Waals surface area contributed by atoms with Gasteiger partial charge < -0.3 is 10.0 Å². The highest BCUT2D eigenvalue weighted by Gasteiger charge is 2.24. The molecule has 1 aromatic rings. The Hall–Kier alpha value is -0.910. The number of aliphatic hydroxyl groups is 1. The van der Waals surface area contributed by atoms with Crippen LogP contribution in [0.4, 0.5) is 0 Å². The molecule has 1 aromatic heterocycles. The Morgan fingerprint density at radius 2 is 2.17 bits per heavy atom. The van der Waals surface area contributed by atoms with Crippen molar-refractivity contribution in [2.24, 2.45) is 7.05 Å². The Morgan fingerprint density at radius 3 is 2.78 bits per heavy atom. The predicted octanol–water partition coefficient (Wildman–Crippen LogP) is 0.227. The molecular weight excluding hydrogens is 228 g/mol. The number of likely N-dealkylation sites (N-methyl/N-ethyl adjacent to an activating group) is 1. The zero-order valence-corrected chi connectivity index (χ0v) is 11.6. The van der Waals surface area contributed by atoms with Crippen molar-refractivity contribution in [2.45, 2.75) is 25.9 Å². The first-order valence-corrected chi connectivity index (χ1v) is 6.62. The molecule has 1 aliphatic rings. The summed E-state index contributed by atoms with van der Waals surface area (Å²) in [6.07, 6.45) is 2.83. The molecule has 1 aliphatic heterocycles. The molecule has 1 atom stereocenters. The van der Waals surface area contributed by atoms with Crippen LogP contribution in [0.3, 0.4) is 0 Å². The van der Waals surface area contributed by atoms with Gasteiger partial charge in [0.15, 0.2) is 0 Å². The first-order chi connectivity index (χ1) is 8.61. The molecule has 5 nitrogen and oxygen atoms in total. The second-order valence-electron chi connectivity index (χ2n) is 5.26. The molecule has 0 aromatic carbocycles. The molecule has 0 bridgehead atoms. The zero-order valence-electron chi connectivity index (χ0n) is 11.6. The van der Waals surface area contributed by atoms with Crippen LogP contribution >= 0.6 is 0 Å². The molecule has 0 amide bonds. The van der Waals surface area contributed by atoms with E-state index in [2.05, 4.69) is 28.9 Å². The number of rotatable bonds is 4. The van der Waals surface area contributed by atoms with E-state index in [1.165, 1.54) is 11.3 Å². The number of aromatic nitrogens is 2. The third-order valence-corrected chi connectivity index (χ3v) is 4.05. The van der Waals surface area contributed by atoms with Crippen LogP contribution in [0.15, 0.2) is 6.20 Å². The summed E-state index contributed by atoms with van der Waals surface area (Å²) < 4.78 is 1.93. The summed E-state index contributed by atoms with van der Waals surface area (Å²) in [5.41, 5.74) is 2.55. The molecule has 0 aliphatic carbocycles. The van der Waals surface area contributed by atoms with E-state index in [9.17, 15) is 0 Å². The molecule has 2 rings (SSSR count). The predicted molar refractivity (Wildman–Crippen MR) is 71.3 cm³/mol. The smallest absolute Gasteiger partial charge is 0.0537 e. The lowest BCUT2D eigenvalue weighted by molar-refractivity contribution is 0.0742. The maximum Gasteiger partial charge on any atom is 0.0537 e. The summed E-state index contributed by atoms with van der Waals surface area (Å²) in [5.74, 6) is 0. The largest absolute Gasteiger partial charge is 0.396 e. The van der Waals surface area contributed by atoms with Gasteiger partial charge in [-0.1, -0.05) is 0 Å². The van der Waals surface area contributed by atoms with E-state index in [0.29, 0.717) is 6.04 Å². The number of hydrogen-bond donors (Lipinski definition) is 1. The van der Waals surface area contributed by atoms with Gasteiger partial charge in [0.2, 0.25) is 0 Å². The van der Waals surface area contributed by atoms with Crippen molar-refractivity contribution in [3.05, 3.63) is 17.5 Å². The minimum absolute atomic E-state index is 0.273. The van der Waals surface area contributed by atoms with Crippen LogP contribution in [0.2, 0.25) is 0 Å². The van der Waals surface area contributed by atoms with E-state index in [1.54, 1.807) is 0 Å². The van der Waals surface area contributed by atoms with Crippen molar-refractivity contribution in [1.82, 2.24) is 19.6 Å². The Bertz CT molecular complexity index is 390. The van der Waals surface area contributed by atoms with E-state index in [-0.39, 0.29) is 6.61 Å². The molecule has 0 spiro atoms. The number of nitrogens with zero attached hydrogens (tertiary/aromatic N) is 4. The fourth-order valence-electron chi connectivity index (χ4n) is 2.56. The van der Waals surface area contributed by atoms with Crippen LogP contribution in [0.25, 0.3) is 0 Å². The molecule has 1 N–H and O–H groups in total. The summed E-state index contributed by atoms with van der Waals surface area (Å²) in [6.45, 7) is 6.55. The molecule has 102 valence electrons. The fourth-order valence-corrected chi connectivity index (χ4v) is 2.56. The monoisotopic (exact) mass is 252 g/mol. The normalized spacial score (nSPS) is 22.6. The van der Waals surface area contributed by atoms with Gasteiger partial charge in [0.05, 0.1) is 6.20 Å². The highest BCUT2D eigenvalue weighted by molar-refractivity contribution is 5.15. The van der Waals surface area contributed by atoms with Gasteiger partial charge in [-0.3, -0.25) is 9.58 Å². The minimum atomic E-state index is 0.273. The van der Waals surface area contributed by atoms with Gasteiger partial charge in [-0.25, -0.2) is 0 Å². The van der Waals surface area contributed by atoms with Gasteiger partial charge in [0.1, 0.15) is 0 Å². The van der Waals surface area contributed by atoms with Gasteiger partial charge in [-0.05, 0) is 20.4 Å². The lowest BCUT2D eigenvalue weighted by Crippen LogP contribution is -2.51. The minimum Gasteiger partial charge on any atom is -0.396 e. The van der Waals surface area contributed by atoms with Gasteiger partial charge >= 0.3 is 0 Å². The second kappa shape index (κ2) is 5.82. The fraction of sp³-hybridized carbons (Fsp3) is 0.769. The van der Waals surface area contributed by atoms with Crippen molar-refractivity contribution >= 4 is 0 Å². The first kappa shape index (κ1) is 13.5. The maximum absolute atomic E-state index is 9.10. The van der Waals surface area contributed by atoms with E-state index in [4.69, 9.17) is 5.11 Å². The number of aliphatic hydroxyl groups excluding tert-OH is 1. The molecule has 1 fully saturated rings. The summed E-state index contributed by atoms with van der Waals surface area (Å²) in [5, 5.41) is 13.4. The van der Waals surface area contributed by atoms with E-state index >= 15 is 0 Å². The molecule has 1 saturated heterocycles. The average Bonchev–Trinajstić information content (AvgIpc) is 2.66. The molecule has 2 heterocycles. The summed E-state index contributed by atoms with van der Waals surface area (Å²) in [6, 6.07) is 0.473. The highest BCUT2D eigenvalue weighted by Crippen LogP contribution is 2.15. The van der Waals surface area contributed by atoms with Crippen LogP contribution in [0.1, 0.15) is 17.7 Å². The van der Waals surface area contributed by atoms with E-state index in [1.807, 2.05) is 17.9 Å². The Morgan fingerprint density at radius 1 is 1.39 bits per heavy atom. The topological polar surface area (TPSA) is 44.5 Å². The quantitative estimate of drug-likeness (QED) is 0.833. The lowest BCUT2D eigenvalue weighted by atomic mass is 10.1. The average molecular weight is 252 g/mol. The van der Waals surface area contributed by atoms with Gasteiger partial charge in [-0.15, -0.1) is 0 Å². The van der Waals surface area contributed by atoms with Crippen molar-refractivity contribution < 1.29 is 5.11 Å². The highest BCUT2D eigenvalue weighted by atomic mass is 16.3. The van der Waals surface area contributed by atoms with Crippen molar-refractivity contribution in [1.29, 1.82) is 0 Å². The Labute approximate surface area is 109 Å². The van der Waals surface area contributed by atoms with Crippen LogP contribution in [0, 0.1) is 6.92 Å². The molecular formula is C13H24N4O. The standard InChI is InChI=1S/C13H24N4O/c1-11-12(8-14-16(11)3)9-17-6-5-15(2)13(10-17)4-7-18/h8,13,18H,4-7,9-10H2,1-3H3. The van der Waals surface area contributed by atoms with Crippen LogP contribution in [-0.4, -0.2) is 64.0 Å². The Kier molecular flexibility index (Phi) is 4.37. The summed E-state index contributed by atoms with van der Waals surface area (Å²) in [4.78, 5) is 4.81. The maximum atomic E-state index is 9.10. The Balaban J connectivity index is 1.96. The van der Waals surface area contributed by atoms with Gasteiger partial charge in [0, 0.05) is 57.1 Å². The van der Waals surface area contributed by atoms with Crippen molar-refractivity contribution in [3.8, 4) is 0 Å². The summed E-state index contributed by atoms with van der Waals surface area (Å²) in [7, 11) is 4.13. The number of aryl methyl sites for hydroxylation is 1. The second-order valence-corrected chi connectivity index (χ2v) is 5.26. The molecule has 1 unspecified atom stereocenters. The SMILES string of the molecule is Cc1c(CN2CCN(C)C(CCO)C2)cnn1C. The van der Waals surface area contributed by atoms with Crippen LogP contribution < -0.4 is 0 Å². The van der Waals surface area contributed by atoms with Crippen LogP contribution in [0.5, 0.6) is 0 Å². The third-order valence-electron chi connectivity index (χ3n) is 4.05. The van der Waals surface area contributed by atoms with E-state index < -0.39 is 0 Å². The molecule has 0 radical (unpaired) electrons. The lowest BCUT2D eigenvalue weighted by Gasteiger charge is -2.39. The molecule has 0 saturated carbocycles. The molecule has 18 heavy (non-hydrogen) atoms. The van der Waals surface area contributed by atoms with Gasteiger partial charge in [0.25, 0.3) is 0 Å². The van der Waals surface area contributed by atoms with Crippen molar-refractivity contribution in [2.75, 3.05) is 33.3 Å². The third kappa shape index (κ3) is 2.91. The molecule has 5 heteroatoms.